The SMILES string of the molecule is C=C1CC[C@@H](C(C)C)/C=C/[C@@](C)(O)CC(=O)C[C@](C)(O)CC[C@@H]1O. The zero-order valence-electron chi connectivity index (χ0n) is 15.6. The number of Topliss-reactive ketones (excluding diaryl/α,β-unsaturated/α-hetero) is 1. The van der Waals surface area contributed by atoms with Gasteiger partial charge in [-0.15, -0.1) is 0 Å². The van der Waals surface area contributed by atoms with Crippen LogP contribution in [0.3, 0.4) is 0 Å². The maximum Gasteiger partial charge on any atom is 0.138 e. The largest absolute Gasteiger partial charge is 0.390 e. The van der Waals surface area contributed by atoms with Crippen molar-refractivity contribution in [2.75, 3.05) is 0 Å². The number of carbonyl (C=O) groups is 1. The van der Waals surface area contributed by atoms with Crippen LogP contribution in [0.15, 0.2) is 24.3 Å². The van der Waals surface area contributed by atoms with E-state index in [0.717, 1.165) is 12.0 Å². The van der Waals surface area contributed by atoms with E-state index in [1.54, 1.807) is 19.9 Å². The van der Waals surface area contributed by atoms with Crippen molar-refractivity contribution in [2.24, 2.45) is 11.8 Å². The van der Waals surface area contributed by atoms with Crippen molar-refractivity contribution >= 4 is 5.78 Å². The molecule has 0 amide bonds. The van der Waals surface area contributed by atoms with Gasteiger partial charge in [0, 0.05) is 12.8 Å². The Balaban J connectivity index is 3.01. The van der Waals surface area contributed by atoms with Crippen molar-refractivity contribution in [3.63, 3.8) is 0 Å². The minimum Gasteiger partial charge on any atom is -0.390 e. The Labute approximate surface area is 146 Å². The summed E-state index contributed by atoms with van der Waals surface area (Å²) in [5, 5.41) is 31.1. The van der Waals surface area contributed by atoms with Gasteiger partial charge in [-0.3, -0.25) is 4.79 Å². The third-order valence-corrected chi connectivity index (χ3v) is 4.92. The first kappa shape index (κ1) is 21.1. The number of ketones is 1. The molecule has 0 aromatic rings. The number of aliphatic hydroxyl groups is 3. The number of carbonyl (C=O) groups excluding carboxylic acids is 1. The molecule has 0 unspecified atom stereocenters. The molecule has 0 saturated carbocycles. The molecule has 0 aromatic carbocycles. The third kappa shape index (κ3) is 7.29. The summed E-state index contributed by atoms with van der Waals surface area (Å²) in [4.78, 5) is 12.2. The summed E-state index contributed by atoms with van der Waals surface area (Å²) in [5.41, 5.74) is -1.62. The molecule has 4 heteroatoms. The van der Waals surface area contributed by atoms with Crippen LogP contribution in [0.25, 0.3) is 0 Å². The maximum absolute atomic E-state index is 12.2. The fraction of sp³-hybridized carbons (Fsp3) is 0.750. The Morgan fingerprint density at radius 1 is 1.21 bits per heavy atom. The maximum atomic E-state index is 12.2. The van der Waals surface area contributed by atoms with Gasteiger partial charge in [-0.1, -0.05) is 32.6 Å². The first-order valence-corrected chi connectivity index (χ1v) is 8.93. The van der Waals surface area contributed by atoms with Crippen molar-refractivity contribution < 1.29 is 20.1 Å². The zero-order valence-corrected chi connectivity index (χ0v) is 15.6. The van der Waals surface area contributed by atoms with Crippen LogP contribution in [-0.4, -0.2) is 38.4 Å². The summed E-state index contributed by atoms with van der Waals surface area (Å²) in [6, 6.07) is 0. The molecule has 24 heavy (non-hydrogen) atoms. The summed E-state index contributed by atoms with van der Waals surface area (Å²) in [5.74, 6) is 0.467. The first-order valence-electron chi connectivity index (χ1n) is 8.93. The van der Waals surface area contributed by atoms with E-state index in [1.165, 1.54) is 0 Å². The molecular weight excluding hydrogens is 304 g/mol. The average molecular weight is 338 g/mol. The Bertz CT molecular complexity index is 474. The lowest BCUT2D eigenvalue weighted by atomic mass is 9.83. The van der Waals surface area contributed by atoms with Gasteiger partial charge >= 0.3 is 0 Å². The molecule has 0 saturated heterocycles. The second-order valence-corrected chi connectivity index (χ2v) is 8.26. The number of hydrogen-bond donors (Lipinski definition) is 3. The number of rotatable bonds is 1. The summed E-state index contributed by atoms with van der Waals surface area (Å²) in [6.45, 7) is 11.4. The monoisotopic (exact) mass is 338 g/mol. The van der Waals surface area contributed by atoms with E-state index in [9.17, 15) is 20.1 Å². The van der Waals surface area contributed by atoms with Crippen molar-refractivity contribution in [1.29, 1.82) is 0 Å². The number of hydrogen-bond acceptors (Lipinski definition) is 4. The molecule has 0 radical (unpaired) electrons. The van der Waals surface area contributed by atoms with E-state index in [-0.39, 0.29) is 24.5 Å². The van der Waals surface area contributed by atoms with Gasteiger partial charge in [-0.25, -0.2) is 0 Å². The lowest BCUT2D eigenvalue weighted by molar-refractivity contribution is -0.126. The molecule has 0 aliphatic heterocycles. The summed E-state index contributed by atoms with van der Waals surface area (Å²) in [6.07, 6.45) is 5.24. The fourth-order valence-corrected chi connectivity index (χ4v) is 3.19. The van der Waals surface area contributed by atoms with Crippen LogP contribution >= 0.6 is 0 Å². The molecule has 0 fully saturated rings. The third-order valence-electron chi connectivity index (χ3n) is 4.92. The van der Waals surface area contributed by atoms with Gasteiger partial charge in [-0.05, 0) is 56.9 Å². The topological polar surface area (TPSA) is 77.8 Å². The van der Waals surface area contributed by atoms with Crippen molar-refractivity contribution in [1.82, 2.24) is 0 Å². The Hall–Kier alpha value is -0.970. The smallest absolute Gasteiger partial charge is 0.138 e. The highest BCUT2D eigenvalue weighted by Gasteiger charge is 2.30. The fourth-order valence-electron chi connectivity index (χ4n) is 3.19. The molecule has 138 valence electrons. The van der Waals surface area contributed by atoms with E-state index < -0.39 is 17.3 Å². The standard InChI is InChI=1S/C20H34O4/c1-14(2)16-7-6-15(3)18(22)9-11-20(5,24)13-17(21)12-19(4,23)10-8-16/h8,10,14,16,18,22-24H,3,6-7,9,11-13H2,1-2,4-5H3/b10-8+/t16-,18+,19-,20-/m1/s1. The second kappa shape index (κ2) is 8.41. The summed E-state index contributed by atoms with van der Waals surface area (Å²) >= 11 is 0. The lowest BCUT2D eigenvalue weighted by Crippen LogP contribution is -2.33. The van der Waals surface area contributed by atoms with Crippen LogP contribution in [0.2, 0.25) is 0 Å². The second-order valence-electron chi connectivity index (χ2n) is 8.26. The number of aliphatic hydroxyl groups excluding tert-OH is 1. The molecule has 0 spiro atoms. The van der Waals surface area contributed by atoms with Crippen molar-refractivity contribution in [2.45, 2.75) is 83.5 Å². The lowest BCUT2D eigenvalue weighted by Gasteiger charge is -2.28. The van der Waals surface area contributed by atoms with Crippen LogP contribution in [0.4, 0.5) is 0 Å². The molecule has 0 heterocycles. The minimum absolute atomic E-state index is 0.0142. The number of allylic oxidation sites excluding steroid dienone is 1. The predicted octanol–water partition coefficient (Wildman–Crippen LogP) is 3.16. The van der Waals surface area contributed by atoms with E-state index in [0.29, 0.717) is 25.2 Å². The Morgan fingerprint density at radius 3 is 2.42 bits per heavy atom. The molecule has 4 atom stereocenters. The van der Waals surface area contributed by atoms with Crippen LogP contribution in [0, 0.1) is 11.8 Å². The van der Waals surface area contributed by atoms with Gasteiger partial charge < -0.3 is 15.3 Å². The molecule has 0 bridgehead atoms. The van der Waals surface area contributed by atoms with E-state index in [4.69, 9.17) is 0 Å². The van der Waals surface area contributed by atoms with Crippen molar-refractivity contribution in [3.05, 3.63) is 24.3 Å². The van der Waals surface area contributed by atoms with Gasteiger partial charge in [0.2, 0.25) is 0 Å². The Morgan fingerprint density at radius 2 is 1.83 bits per heavy atom. The molecule has 1 rings (SSSR count). The van der Waals surface area contributed by atoms with E-state index in [2.05, 4.69) is 20.4 Å². The molecule has 1 aliphatic carbocycles. The normalized spacial score (nSPS) is 38.8. The van der Waals surface area contributed by atoms with Crippen LogP contribution in [-0.2, 0) is 4.79 Å². The Kier molecular flexibility index (Phi) is 7.39. The highest BCUT2D eigenvalue weighted by Crippen LogP contribution is 2.28. The van der Waals surface area contributed by atoms with Gasteiger partial charge in [0.05, 0.1) is 17.3 Å². The van der Waals surface area contributed by atoms with Gasteiger partial charge in [0.15, 0.2) is 0 Å². The zero-order chi connectivity index (χ0) is 18.5. The summed E-state index contributed by atoms with van der Waals surface area (Å²) in [7, 11) is 0. The molecule has 1 aliphatic rings. The van der Waals surface area contributed by atoms with Crippen LogP contribution in [0.1, 0.15) is 66.2 Å². The van der Waals surface area contributed by atoms with Crippen molar-refractivity contribution in [3.8, 4) is 0 Å². The highest BCUT2D eigenvalue weighted by atomic mass is 16.3. The predicted molar refractivity (Wildman–Crippen MR) is 96.6 cm³/mol. The molecule has 0 aromatic heterocycles. The molecule has 4 nitrogen and oxygen atoms in total. The van der Waals surface area contributed by atoms with Crippen LogP contribution in [0.5, 0.6) is 0 Å². The molecule has 3 N–H and O–H groups in total. The molecular formula is C20H34O4. The minimum atomic E-state index is -1.21. The van der Waals surface area contributed by atoms with Gasteiger partial charge in [0.25, 0.3) is 0 Å². The summed E-state index contributed by atoms with van der Waals surface area (Å²) < 4.78 is 0. The quantitative estimate of drug-likeness (QED) is 0.642. The van der Waals surface area contributed by atoms with Gasteiger partial charge in [-0.2, -0.15) is 0 Å². The highest BCUT2D eigenvalue weighted by molar-refractivity contribution is 5.80. The van der Waals surface area contributed by atoms with Gasteiger partial charge in [0.1, 0.15) is 5.78 Å². The van der Waals surface area contributed by atoms with Crippen LogP contribution < -0.4 is 0 Å². The first-order chi connectivity index (χ1) is 10.9. The van der Waals surface area contributed by atoms with E-state index >= 15 is 0 Å². The van der Waals surface area contributed by atoms with E-state index in [1.807, 2.05) is 6.08 Å². The average Bonchev–Trinajstić information content (AvgIpc) is 2.41.